The van der Waals surface area contributed by atoms with Crippen LogP contribution in [0.2, 0.25) is 0 Å². The lowest BCUT2D eigenvalue weighted by atomic mass is 10.2. The average Bonchev–Trinajstić information content (AvgIpc) is 3.12. The second-order valence-electron chi connectivity index (χ2n) is 6.72. The highest BCUT2D eigenvalue weighted by Gasteiger charge is 2.10. The molecule has 0 radical (unpaired) electrons. The van der Waals surface area contributed by atoms with E-state index in [4.69, 9.17) is 5.11 Å². The maximum Gasteiger partial charge on any atom is 0.303 e. The largest absolute Gasteiger partial charge is 0.481 e. The van der Waals surface area contributed by atoms with E-state index >= 15 is 0 Å². The van der Waals surface area contributed by atoms with Crippen LogP contribution in [0.25, 0.3) is 16.6 Å². The van der Waals surface area contributed by atoms with E-state index in [9.17, 15) is 4.79 Å². The van der Waals surface area contributed by atoms with Gasteiger partial charge in [0.05, 0.1) is 5.52 Å². The van der Waals surface area contributed by atoms with Gasteiger partial charge in [-0.05, 0) is 42.7 Å². The zero-order valence-electron chi connectivity index (χ0n) is 15.9. The molecule has 0 aliphatic heterocycles. The molecule has 2 heterocycles. The Kier molecular flexibility index (Phi) is 5.59. The molecule has 0 aliphatic rings. The fraction of sp³-hybridized carbons (Fsp3) is 0.350. The summed E-state index contributed by atoms with van der Waals surface area (Å²) in [5.41, 5.74) is 2.85. The molecular formula is C20H25N5O2. The topological polar surface area (TPSA) is 83.3 Å². The molecule has 0 aliphatic carbocycles. The first-order chi connectivity index (χ1) is 13.0. The molecule has 0 fully saturated rings. The minimum atomic E-state index is -0.784. The maximum absolute atomic E-state index is 10.8. The first-order valence-electron chi connectivity index (χ1n) is 9.10. The van der Waals surface area contributed by atoms with Crippen LogP contribution in [-0.2, 0) is 11.2 Å². The predicted octanol–water partition coefficient (Wildman–Crippen LogP) is 3.33. The lowest BCUT2D eigenvalue weighted by Gasteiger charge is -2.15. The van der Waals surface area contributed by atoms with Crippen LogP contribution in [0.1, 0.15) is 25.3 Å². The molecule has 0 bridgehead atoms. The van der Waals surface area contributed by atoms with Crippen molar-refractivity contribution in [2.45, 2.75) is 26.2 Å². The summed E-state index contributed by atoms with van der Waals surface area (Å²) in [5, 5.41) is 13.2. The summed E-state index contributed by atoms with van der Waals surface area (Å²) in [6.45, 7) is 2.97. The minimum absolute atomic E-state index is 0.133. The van der Waals surface area contributed by atoms with Crippen LogP contribution in [0.4, 0.5) is 11.8 Å². The van der Waals surface area contributed by atoms with Crippen LogP contribution in [0.3, 0.4) is 0 Å². The quantitative estimate of drug-likeness (QED) is 0.635. The smallest absolute Gasteiger partial charge is 0.303 e. The zero-order chi connectivity index (χ0) is 19.4. The summed E-state index contributed by atoms with van der Waals surface area (Å²) in [6, 6.07) is 8.03. The SMILES string of the molecule is CCCNc1nc(N(C)C)nc2cc(-n3ccc(CCC(=O)O)c3)ccc12. The number of rotatable bonds is 8. The molecule has 27 heavy (non-hydrogen) atoms. The second-order valence-corrected chi connectivity index (χ2v) is 6.72. The molecule has 2 aromatic heterocycles. The number of aromatic nitrogens is 3. The normalized spacial score (nSPS) is 10.9. The van der Waals surface area contributed by atoms with Crippen LogP contribution in [-0.4, -0.2) is 46.3 Å². The summed E-state index contributed by atoms with van der Waals surface area (Å²) < 4.78 is 1.99. The van der Waals surface area contributed by atoms with Crippen molar-refractivity contribution < 1.29 is 9.90 Å². The number of nitrogens with zero attached hydrogens (tertiary/aromatic N) is 4. The molecule has 0 saturated heterocycles. The van der Waals surface area contributed by atoms with E-state index in [0.29, 0.717) is 12.4 Å². The van der Waals surface area contributed by atoms with E-state index in [1.165, 1.54) is 0 Å². The van der Waals surface area contributed by atoms with Crippen LogP contribution in [0.5, 0.6) is 0 Å². The Balaban J connectivity index is 1.97. The molecule has 1 aromatic carbocycles. The van der Waals surface area contributed by atoms with Gasteiger partial charge in [-0.15, -0.1) is 0 Å². The Labute approximate surface area is 158 Å². The van der Waals surface area contributed by atoms with E-state index in [2.05, 4.69) is 22.2 Å². The Hall–Kier alpha value is -3.09. The molecule has 0 amide bonds. The first kappa shape index (κ1) is 18.7. The number of carboxylic acids is 1. The van der Waals surface area contributed by atoms with Crippen LogP contribution < -0.4 is 10.2 Å². The van der Waals surface area contributed by atoms with E-state index in [0.717, 1.165) is 40.9 Å². The van der Waals surface area contributed by atoms with Gasteiger partial charge in [-0.3, -0.25) is 4.79 Å². The van der Waals surface area contributed by atoms with Gasteiger partial charge in [0.1, 0.15) is 5.82 Å². The van der Waals surface area contributed by atoms with Crippen molar-refractivity contribution in [3.63, 3.8) is 0 Å². The number of hydrogen-bond donors (Lipinski definition) is 2. The Morgan fingerprint density at radius 2 is 2.07 bits per heavy atom. The van der Waals surface area contributed by atoms with Gasteiger partial charge in [-0.25, -0.2) is 4.98 Å². The molecule has 2 N–H and O–H groups in total. The van der Waals surface area contributed by atoms with E-state index < -0.39 is 5.97 Å². The number of aryl methyl sites for hydroxylation is 1. The highest BCUT2D eigenvalue weighted by atomic mass is 16.4. The lowest BCUT2D eigenvalue weighted by molar-refractivity contribution is -0.136. The van der Waals surface area contributed by atoms with Gasteiger partial charge in [0, 0.05) is 50.5 Å². The number of nitrogens with one attached hydrogen (secondary N) is 1. The standard InChI is InChI=1S/C20H25N5O2/c1-4-10-21-19-16-7-6-15(12-17(16)22-20(23-19)24(2)3)25-11-9-14(13-25)5-8-18(26)27/h6-7,9,11-13H,4-5,8,10H2,1-3H3,(H,26,27)(H,21,22,23). The van der Waals surface area contributed by atoms with Crippen molar-refractivity contribution in [3.8, 4) is 5.69 Å². The molecule has 7 nitrogen and oxygen atoms in total. The minimum Gasteiger partial charge on any atom is -0.481 e. The Morgan fingerprint density at radius 3 is 2.78 bits per heavy atom. The summed E-state index contributed by atoms with van der Waals surface area (Å²) in [7, 11) is 3.85. The van der Waals surface area contributed by atoms with E-state index in [-0.39, 0.29) is 6.42 Å². The van der Waals surface area contributed by atoms with E-state index in [1.807, 2.05) is 60.2 Å². The molecule has 3 rings (SSSR count). The second kappa shape index (κ2) is 8.07. The van der Waals surface area contributed by atoms with Crippen molar-refractivity contribution in [3.05, 3.63) is 42.2 Å². The molecule has 0 unspecified atom stereocenters. The van der Waals surface area contributed by atoms with Crippen molar-refractivity contribution >= 4 is 28.6 Å². The highest BCUT2D eigenvalue weighted by molar-refractivity contribution is 5.91. The van der Waals surface area contributed by atoms with Crippen molar-refractivity contribution in [2.24, 2.45) is 0 Å². The van der Waals surface area contributed by atoms with Gasteiger partial charge in [-0.2, -0.15) is 4.98 Å². The number of benzene rings is 1. The third kappa shape index (κ3) is 4.36. The molecule has 7 heteroatoms. The Morgan fingerprint density at radius 1 is 1.26 bits per heavy atom. The average molecular weight is 367 g/mol. The van der Waals surface area contributed by atoms with E-state index in [1.54, 1.807) is 0 Å². The number of carboxylic acid groups (broad SMARTS) is 1. The summed E-state index contributed by atoms with van der Waals surface area (Å²) in [4.78, 5) is 22.0. The van der Waals surface area contributed by atoms with Gasteiger partial charge >= 0.3 is 5.97 Å². The van der Waals surface area contributed by atoms with Crippen LogP contribution >= 0.6 is 0 Å². The highest BCUT2D eigenvalue weighted by Crippen LogP contribution is 2.26. The number of carbonyl (C=O) groups is 1. The van der Waals surface area contributed by atoms with Gasteiger partial charge in [0.25, 0.3) is 0 Å². The predicted molar refractivity (Wildman–Crippen MR) is 108 cm³/mol. The fourth-order valence-electron chi connectivity index (χ4n) is 2.85. The van der Waals surface area contributed by atoms with Gasteiger partial charge in [-0.1, -0.05) is 6.92 Å². The molecule has 142 valence electrons. The summed E-state index contributed by atoms with van der Waals surface area (Å²) >= 11 is 0. The third-order valence-corrected chi connectivity index (χ3v) is 4.29. The summed E-state index contributed by atoms with van der Waals surface area (Å²) in [5.74, 6) is 0.716. The Bertz CT molecular complexity index is 949. The maximum atomic E-state index is 10.8. The number of anilines is 2. The third-order valence-electron chi connectivity index (χ3n) is 4.29. The molecule has 0 spiro atoms. The van der Waals surface area contributed by atoms with Crippen molar-refractivity contribution in [1.82, 2.24) is 14.5 Å². The zero-order valence-corrected chi connectivity index (χ0v) is 15.9. The molecule has 0 saturated carbocycles. The van der Waals surface area contributed by atoms with Crippen molar-refractivity contribution in [2.75, 3.05) is 30.9 Å². The monoisotopic (exact) mass is 367 g/mol. The van der Waals surface area contributed by atoms with Gasteiger partial charge < -0.3 is 19.9 Å². The molecule has 3 aromatic rings. The molecule has 0 atom stereocenters. The lowest BCUT2D eigenvalue weighted by Crippen LogP contribution is -2.14. The van der Waals surface area contributed by atoms with Crippen molar-refractivity contribution in [1.29, 1.82) is 0 Å². The van der Waals surface area contributed by atoms with Gasteiger partial charge in [0.15, 0.2) is 0 Å². The first-order valence-corrected chi connectivity index (χ1v) is 9.10. The number of aliphatic carboxylic acids is 1. The van der Waals surface area contributed by atoms with Crippen LogP contribution in [0, 0.1) is 0 Å². The summed E-state index contributed by atoms with van der Waals surface area (Å²) in [6.07, 6.45) is 5.59. The number of fused-ring (bicyclic) bond motifs is 1. The van der Waals surface area contributed by atoms with Crippen LogP contribution in [0.15, 0.2) is 36.7 Å². The molecular weight excluding hydrogens is 342 g/mol. The van der Waals surface area contributed by atoms with Gasteiger partial charge in [0.2, 0.25) is 5.95 Å². The fourth-order valence-corrected chi connectivity index (χ4v) is 2.85. The number of hydrogen-bond acceptors (Lipinski definition) is 5.